The Kier molecular flexibility index (Phi) is 2.67. The fraction of sp³-hybridized carbons (Fsp3) is 0.250. The Hall–Kier alpha value is -2.17. The van der Waals surface area contributed by atoms with Crippen molar-refractivity contribution in [3.63, 3.8) is 0 Å². The summed E-state index contributed by atoms with van der Waals surface area (Å²) < 4.78 is 4.90. The average Bonchev–Trinajstić information content (AvgIpc) is 2.52. The van der Waals surface area contributed by atoms with Gasteiger partial charge in [0.2, 0.25) is 17.9 Å². The first-order valence-electron chi connectivity index (χ1n) is 5.12. The van der Waals surface area contributed by atoms with Crippen LogP contribution in [0.3, 0.4) is 0 Å². The molecule has 17 heavy (non-hydrogen) atoms. The summed E-state index contributed by atoms with van der Waals surface area (Å²) in [6, 6.07) is 6.68. The predicted molar refractivity (Wildman–Crippen MR) is 59.5 cm³/mol. The number of carbonyl (C=O) groups excluding carboxylic acids is 3. The number of ether oxygens (including phenoxy) is 1. The molecule has 0 saturated heterocycles. The molecule has 1 aliphatic heterocycles. The van der Waals surface area contributed by atoms with Gasteiger partial charge in [-0.1, -0.05) is 12.1 Å². The van der Waals surface area contributed by atoms with E-state index in [0.29, 0.717) is 11.3 Å². The molecular formula is C12H11NO4. The lowest BCUT2D eigenvalue weighted by molar-refractivity contribution is -0.144. The van der Waals surface area contributed by atoms with Crippen molar-refractivity contribution in [1.29, 1.82) is 0 Å². The molecule has 0 aliphatic carbocycles. The van der Waals surface area contributed by atoms with Crippen LogP contribution in [0.4, 0.5) is 5.69 Å². The summed E-state index contributed by atoms with van der Waals surface area (Å²) in [5.74, 6) is -1.30. The van der Waals surface area contributed by atoms with Crippen LogP contribution in [-0.4, -0.2) is 23.9 Å². The van der Waals surface area contributed by atoms with Crippen molar-refractivity contribution in [2.24, 2.45) is 0 Å². The van der Waals surface area contributed by atoms with Crippen LogP contribution in [-0.2, 0) is 14.3 Å². The summed E-state index contributed by atoms with van der Waals surface area (Å²) in [5, 5.41) is 0. The molecule has 0 N–H and O–H groups in total. The smallest absolute Gasteiger partial charge is 0.304 e. The fourth-order valence-electron chi connectivity index (χ4n) is 1.87. The second kappa shape index (κ2) is 4.01. The summed E-state index contributed by atoms with van der Waals surface area (Å²) in [6.07, 6.45) is -1.16. The van der Waals surface area contributed by atoms with Crippen LogP contribution in [0.2, 0.25) is 0 Å². The topological polar surface area (TPSA) is 63.7 Å². The van der Waals surface area contributed by atoms with Gasteiger partial charge in [0, 0.05) is 19.4 Å². The molecule has 0 radical (unpaired) electrons. The maximum absolute atomic E-state index is 12.0. The molecule has 1 unspecified atom stereocenters. The molecule has 1 amide bonds. The number of benzene rings is 1. The molecule has 1 atom stereocenters. The van der Waals surface area contributed by atoms with Crippen LogP contribution in [0.1, 0.15) is 24.2 Å². The molecular weight excluding hydrogens is 222 g/mol. The van der Waals surface area contributed by atoms with Crippen molar-refractivity contribution < 1.29 is 19.1 Å². The molecule has 0 fully saturated rings. The Morgan fingerprint density at radius 2 is 1.88 bits per heavy atom. The highest BCUT2D eigenvalue weighted by Gasteiger charge is 2.41. The Morgan fingerprint density at radius 1 is 1.24 bits per heavy atom. The Bertz CT molecular complexity index is 509. The standard InChI is InChI=1S/C12H11NO4/c1-7(14)13-10-6-4-3-5-9(10)11(16)12(13)17-8(2)15/h3-6,12H,1-2H3. The van der Waals surface area contributed by atoms with Crippen molar-refractivity contribution in [3.8, 4) is 0 Å². The van der Waals surface area contributed by atoms with E-state index in [4.69, 9.17) is 4.74 Å². The van der Waals surface area contributed by atoms with Crippen LogP contribution in [0.15, 0.2) is 24.3 Å². The molecule has 1 heterocycles. The van der Waals surface area contributed by atoms with Crippen molar-refractivity contribution in [1.82, 2.24) is 0 Å². The highest BCUT2D eigenvalue weighted by Crippen LogP contribution is 2.32. The van der Waals surface area contributed by atoms with E-state index in [1.165, 1.54) is 18.7 Å². The van der Waals surface area contributed by atoms with E-state index in [1.54, 1.807) is 24.3 Å². The van der Waals surface area contributed by atoms with Gasteiger partial charge in [-0.05, 0) is 12.1 Å². The second-order valence-corrected chi connectivity index (χ2v) is 3.73. The number of nitrogens with zero attached hydrogens (tertiary/aromatic N) is 1. The van der Waals surface area contributed by atoms with Crippen LogP contribution in [0.5, 0.6) is 0 Å². The number of fused-ring (bicyclic) bond motifs is 1. The van der Waals surface area contributed by atoms with E-state index in [-0.39, 0.29) is 11.7 Å². The lowest BCUT2D eigenvalue weighted by Gasteiger charge is -2.21. The van der Waals surface area contributed by atoms with Gasteiger partial charge in [-0.15, -0.1) is 0 Å². The summed E-state index contributed by atoms with van der Waals surface area (Å²) in [7, 11) is 0. The maximum atomic E-state index is 12.0. The minimum absolute atomic E-state index is 0.338. The van der Waals surface area contributed by atoms with E-state index in [1.807, 2.05) is 0 Å². The van der Waals surface area contributed by atoms with E-state index in [9.17, 15) is 14.4 Å². The molecule has 5 heteroatoms. The van der Waals surface area contributed by atoms with E-state index in [2.05, 4.69) is 0 Å². The minimum Gasteiger partial charge on any atom is -0.433 e. The third-order valence-electron chi connectivity index (χ3n) is 2.50. The zero-order valence-electron chi connectivity index (χ0n) is 9.47. The number of hydrogen-bond acceptors (Lipinski definition) is 4. The number of esters is 1. The van der Waals surface area contributed by atoms with Crippen molar-refractivity contribution in [2.45, 2.75) is 20.1 Å². The quantitative estimate of drug-likeness (QED) is 0.682. The molecule has 0 bridgehead atoms. The summed E-state index contributed by atoms with van der Waals surface area (Å²) in [6.45, 7) is 2.53. The van der Waals surface area contributed by atoms with Gasteiger partial charge in [0.1, 0.15) is 0 Å². The number of Topliss-reactive ketones (excluding diaryl/α,β-unsaturated/α-hetero) is 1. The molecule has 0 spiro atoms. The largest absolute Gasteiger partial charge is 0.433 e. The van der Waals surface area contributed by atoms with Gasteiger partial charge < -0.3 is 4.74 Å². The minimum atomic E-state index is -1.16. The number of ketones is 1. The molecule has 1 aromatic carbocycles. The van der Waals surface area contributed by atoms with Gasteiger partial charge in [0.05, 0.1) is 5.69 Å². The maximum Gasteiger partial charge on any atom is 0.304 e. The molecule has 88 valence electrons. The molecule has 1 aliphatic rings. The zero-order chi connectivity index (χ0) is 12.6. The summed E-state index contributed by atoms with van der Waals surface area (Å²) in [4.78, 5) is 35.7. The Morgan fingerprint density at radius 3 is 2.47 bits per heavy atom. The molecule has 5 nitrogen and oxygen atoms in total. The van der Waals surface area contributed by atoms with Crippen molar-refractivity contribution >= 4 is 23.3 Å². The van der Waals surface area contributed by atoms with Gasteiger partial charge in [-0.2, -0.15) is 0 Å². The van der Waals surface area contributed by atoms with Gasteiger partial charge in [0.15, 0.2) is 0 Å². The SMILES string of the molecule is CC(=O)OC1C(=O)c2ccccc2N1C(C)=O. The number of amides is 1. The highest BCUT2D eigenvalue weighted by atomic mass is 16.6. The van der Waals surface area contributed by atoms with Crippen LogP contribution in [0.25, 0.3) is 0 Å². The summed E-state index contributed by atoms with van der Waals surface area (Å²) >= 11 is 0. The van der Waals surface area contributed by atoms with E-state index >= 15 is 0 Å². The monoisotopic (exact) mass is 233 g/mol. The average molecular weight is 233 g/mol. The van der Waals surface area contributed by atoms with Crippen LogP contribution >= 0.6 is 0 Å². The Balaban J connectivity index is 2.47. The summed E-state index contributed by atoms with van der Waals surface area (Å²) in [5.41, 5.74) is 0.880. The van der Waals surface area contributed by atoms with Crippen molar-refractivity contribution in [3.05, 3.63) is 29.8 Å². The third kappa shape index (κ3) is 1.80. The number of anilines is 1. The number of carbonyl (C=O) groups is 3. The first-order chi connectivity index (χ1) is 8.02. The van der Waals surface area contributed by atoms with Gasteiger partial charge in [-0.3, -0.25) is 19.3 Å². The second-order valence-electron chi connectivity index (χ2n) is 3.73. The molecule has 0 aromatic heterocycles. The number of para-hydroxylation sites is 1. The lowest BCUT2D eigenvalue weighted by Crippen LogP contribution is -2.41. The third-order valence-corrected chi connectivity index (χ3v) is 2.50. The zero-order valence-corrected chi connectivity index (χ0v) is 9.47. The first-order valence-corrected chi connectivity index (χ1v) is 5.12. The molecule has 0 saturated carbocycles. The molecule has 2 rings (SSSR count). The normalized spacial score (nSPS) is 17.9. The lowest BCUT2D eigenvalue weighted by atomic mass is 10.1. The highest BCUT2D eigenvalue weighted by molar-refractivity contribution is 6.17. The van der Waals surface area contributed by atoms with Crippen LogP contribution < -0.4 is 4.90 Å². The van der Waals surface area contributed by atoms with Gasteiger partial charge in [-0.25, -0.2) is 0 Å². The van der Waals surface area contributed by atoms with Crippen LogP contribution in [0, 0.1) is 0 Å². The number of hydrogen-bond donors (Lipinski definition) is 0. The van der Waals surface area contributed by atoms with E-state index < -0.39 is 12.2 Å². The Labute approximate surface area is 98.0 Å². The molecule has 1 aromatic rings. The number of rotatable bonds is 1. The fourth-order valence-corrected chi connectivity index (χ4v) is 1.87. The first kappa shape index (κ1) is 11.3. The predicted octanol–water partition coefficient (Wildman–Crippen LogP) is 1.12. The van der Waals surface area contributed by atoms with E-state index in [0.717, 1.165) is 0 Å². The van der Waals surface area contributed by atoms with Gasteiger partial charge >= 0.3 is 5.97 Å². The van der Waals surface area contributed by atoms with Crippen molar-refractivity contribution in [2.75, 3.05) is 4.90 Å². The van der Waals surface area contributed by atoms with Gasteiger partial charge in [0.25, 0.3) is 0 Å².